The lowest BCUT2D eigenvalue weighted by Crippen LogP contribution is -2.03. The highest BCUT2D eigenvalue weighted by molar-refractivity contribution is 7.10. The van der Waals surface area contributed by atoms with Crippen molar-refractivity contribution in [3.05, 3.63) is 21.9 Å². The fourth-order valence-electron chi connectivity index (χ4n) is 1.25. The normalized spacial score (nSPS) is 13.1. The summed E-state index contributed by atoms with van der Waals surface area (Å²) in [5, 5.41) is 11.8. The highest BCUT2D eigenvalue weighted by atomic mass is 32.1. The van der Waals surface area contributed by atoms with E-state index in [0.29, 0.717) is 13.0 Å². The molecular weight excluding hydrogens is 196 g/mol. The molecular formula is C11H18O2S. The van der Waals surface area contributed by atoms with E-state index in [0.717, 1.165) is 18.6 Å². The Balaban J connectivity index is 2.25. The first-order valence-electron chi connectivity index (χ1n) is 5.05. The molecule has 0 amide bonds. The summed E-state index contributed by atoms with van der Waals surface area (Å²) in [5.41, 5.74) is 1.02. The number of aliphatic hydroxyl groups is 1. The van der Waals surface area contributed by atoms with Crippen molar-refractivity contribution >= 4 is 11.3 Å². The van der Waals surface area contributed by atoms with Crippen LogP contribution in [0.1, 0.15) is 36.3 Å². The van der Waals surface area contributed by atoms with Crippen LogP contribution in [0.3, 0.4) is 0 Å². The smallest absolute Gasteiger partial charge is 0.0820 e. The van der Waals surface area contributed by atoms with Crippen LogP contribution in [0.15, 0.2) is 11.4 Å². The third kappa shape index (κ3) is 3.78. The molecule has 1 atom stereocenters. The van der Waals surface area contributed by atoms with Crippen LogP contribution in [0, 0.1) is 6.92 Å². The maximum Gasteiger partial charge on any atom is 0.0820 e. The van der Waals surface area contributed by atoms with Crippen LogP contribution in [0.2, 0.25) is 0 Å². The van der Waals surface area contributed by atoms with E-state index in [-0.39, 0.29) is 6.10 Å². The second-order valence-electron chi connectivity index (χ2n) is 3.41. The van der Waals surface area contributed by atoms with Gasteiger partial charge < -0.3 is 9.84 Å². The third-order valence-electron chi connectivity index (χ3n) is 2.02. The Labute approximate surface area is 89.5 Å². The summed E-state index contributed by atoms with van der Waals surface area (Å²) < 4.78 is 5.33. The van der Waals surface area contributed by atoms with Crippen LogP contribution in [-0.2, 0) is 4.74 Å². The number of aryl methyl sites for hydroxylation is 1. The molecule has 0 aliphatic carbocycles. The molecule has 1 unspecified atom stereocenters. The summed E-state index contributed by atoms with van der Waals surface area (Å²) in [7, 11) is 0. The van der Waals surface area contributed by atoms with Crippen LogP contribution in [-0.4, -0.2) is 18.3 Å². The van der Waals surface area contributed by atoms with Crippen molar-refractivity contribution in [1.82, 2.24) is 0 Å². The predicted octanol–water partition coefficient (Wildman–Crippen LogP) is 2.91. The molecule has 14 heavy (non-hydrogen) atoms. The first kappa shape index (κ1) is 11.7. The van der Waals surface area contributed by atoms with Crippen molar-refractivity contribution in [2.75, 3.05) is 13.2 Å². The second-order valence-corrected chi connectivity index (χ2v) is 4.52. The van der Waals surface area contributed by atoms with Gasteiger partial charge in [0.2, 0.25) is 0 Å². The van der Waals surface area contributed by atoms with Crippen LogP contribution in [0.5, 0.6) is 0 Å². The van der Waals surface area contributed by atoms with Crippen molar-refractivity contribution < 1.29 is 9.84 Å². The van der Waals surface area contributed by atoms with Crippen molar-refractivity contribution in [1.29, 1.82) is 0 Å². The molecule has 0 aromatic carbocycles. The lowest BCUT2D eigenvalue weighted by molar-refractivity contribution is 0.0824. The van der Waals surface area contributed by atoms with Gasteiger partial charge >= 0.3 is 0 Å². The van der Waals surface area contributed by atoms with Gasteiger partial charge in [0, 0.05) is 24.5 Å². The molecule has 0 saturated heterocycles. The molecule has 1 heterocycles. The summed E-state index contributed by atoms with van der Waals surface area (Å²) in [6.45, 7) is 5.56. The Bertz CT molecular complexity index is 258. The zero-order chi connectivity index (χ0) is 10.4. The van der Waals surface area contributed by atoms with Crippen molar-refractivity contribution in [3.63, 3.8) is 0 Å². The predicted molar refractivity (Wildman–Crippen MR) is 59.7 cm³/mol. The first-order chi connectivity index (χ1) is 6.74. The molecule has 0 bridgehead atoms. The second kappa shape index (κ2) is 6.17. The van der Waals surface area contributed by atoms with Gasteiger partial charge in [-0.2, -0.15) is 0 Å². The van der Waals surface area contributed by atoms with Crippen molar-refractivity contribution in [3.8, 4) is 0 Å². The van der Waals surface area contributed by atoms with E-state index in [1.165, 1.54) is 4.88 Å². The summed E-state index contributed by atoms with van der Waals surface area (Å²) in [6.07, 6.45) is 1.36. The number of hydrogen-bond acceptors (Lipinski definition) is 3. The van der Waals surface area contributed by atoms with E-state index in [1.807, 2.05) is 11.4 Å². The van der Waals surface area contributed by atoms with Gasteiger partial charge in [-0.15, -0.1) is 11.3 Å². The van der Waals surface area contributed by atoms with Gasteiger partial charge in [-0.3, -0.25) is 0 Å². The molecule has 0 radical (unpaired) electrons. The number of aliphatic hydroxyl groups excluding tert-OH is 1. The minimum Gasteiger partial charge on any atom is -0.388 e. The summed E-state index contributed by atoms with van der Waals surface area (Å²) in [5.74, 6) is 0. The van der Waals surface area contributed by atoms with E-state index in [9.17, 15) is 5.11 Å². The molecule has 1 N–H and O–H groups in total. The van der Waals surface area contributed by atoms with E-state index in [2.05, 4.69) is 13.8 Å². The fraction of sp³-hybridized carbons (Fsp3) is 0.636. The Kier molecular flexibility index (Phi) is 5.15. The van der Waals surface area contributed by atoms with Gasteiger partial charge in [-0.1, -0.05) is 6.92 Å². The lowest BCUT2D eigenvalue weighted by atomic mass is 10.1. The molecule has 80 valence electrons. The molecule has 0 spiro atoms. The zero-order valence-electron chi connectivity index (χ0n) is 8.82. The highest BCUT2D eigenvalue weighted by Crippen LogP contribution is 2.22. The van der Waals surface area contributed by atoms with Gasteiger partial charge in [-0.05, 0) is 30.4 Å². The van der Waals surface area contributed by atoms with Gasteiger partial charge in [0.1, 0.15) is 0 Å². The maximum absolute atomic E-state index is 9.76. The number of hydrogen-bond donors (Lipinski definition) is 1. The van der Waals surface area contributed by atoms with Crippen LogP contribution >= 0.6 is 11.3 Å². The first-order valence-corrected chi connectivity index (χ1v) is 5.93. The molecule has 0 aliphatic rings. The number of rotatable bonds is 6. The topological polar surface area (TPSA) is 29.5 Å². The summed E-state index contributed by atoms with van der Waals surface area (Å²) in [4.78, 5) is 1.24. The van der Waals surface area contributed by atoms with E-state index < -0.39 is 0 Å². The average molecular weight is 214 g/mol. The Morgan fingerprint density at radius 2 is 2.29 bits per heavy atom. The van der Waals surface area contributed by atoms with E-state index in [1.54, 1.807) is 11.3 Å². The molecule has 0 saturated carbocycles. The van der Waals surface area contributed by atoms with Crippen molar-refractivity contribution in [2.45, 2.75) is 32.8 Å². The fourth-order valence-corrected chi connectivity index (χ4v) is 2.00. The van der Waals surface area contributed by atoms with E-state index >= 15 is 0 Å². The van der Waals surface area contributed by atoms with E-state index in [4.69, 9.17) is 4.74 Å². The van der Waals surface area contributed by atoms with Crippen LogP contribution in [0.25, 0.3) is 0 Å². The lowest BCUT2D eigenvalue weighted by Gasteiger charge is -2.08. The maximum atomic E-state index is 9.76. The van der Waals surface area contributed by atoms with Crippen LogP contribution in [0.4, 0.5) is 0 Å². The Morgan fingerprint density at radius 3 is 2.86 bits per heavy atom. The molecule has 2 nitrogen and oxygen atoms in total. The van der Waals surface area contributed by atoms with Crippen molar-refractivity contribution in [2.24, 2.45) is 0 Å². The summed E-state index contributed by atoms with van der Waals surface area (Å²) in [6, 6.07) is 2.04. The van der Waals surface area contributed by atoms with Gasteiger partial charge in [0.25, 0.3) is 0 Å². The van der Waals surface area contributed by atoms with Gasteiger partial charge in [-0.25, -0.2) is 0 Å². The molecule has 0 fully saturated rings. The largest absolute Gasteiger partial charge is 0.388 e. The Morgan fingerprint density at radius 1 is 1.50 bits per heavy atom. The third-order valence-corrected chi connectivity index (χ3v) is 2.90. The Hall–Kier alpha value is -0.380. The minimum absolute atomic E-state index is 0.364. The summed E-state index contributed by atoms with van der Waals surface area (Å²) >= 11 is 1.68. The molecule has 0 aliphatic heterocycles. The van der Waals surface area contributed by atoms with Gasteiger partial charge in [0.15, 0.2) is 0 Å². The molecule has 3 heteroatoms. The molecule has 1 aromatic heterocycles. The quantitative estimate of drug-likeness (QED) is 0.738. The standard InChI is InChI=1S/C11H18O2S/c1-3-5-13-6-4-11(12)10-7-9(2)14-8-10/h7-8,11-12H,3-6H2,1-2H3. The SMILES string of the molecule is CCCOCCC(O)c1csc(C)c1. The van der Waals surface area contributed by atoms with Crippen LogP contribution < -0.4 is 0 Å². The highest BCUT2D eigenvalue weighted by Gasteiger charge is 2.08. The monoisotopic (exact) mass is 214 g/mol. The molecule has 1 aromatic rings. The van der Waals surface area contributed by atoms with Gasteiger partial charge in [0.05, 0.1) is 6.10 Å². The number of thiophene rings is 1. The minimum atomic E-state index is -0.364. The average Bonchev–Trinajstić information content (AvgIpc) is 2.59. The number of ether oxygens (including phenoxy) is 1. The zero-order valence-corrected chi connectivity index (χ0v) is 9.64. The molecule has 1 rings (SSSR count).